The minimum absolute atomic E-state index is 0.766. The van der Waals surface area contributed by atoms with Crippen molar-refractivity contribution < 1.29 is 4.79 Å². The molecule has 1 aliphatic carbocycles. The first-order valence-electron chi connectivity index (χ1n) is 17.7. The van der Waals surface area contributed by atoms with E-state index in [1.165, 1.54) is 87.5 Å². The molecule has 0 unspecified atom stereocenters. The maximum Gasteiger partial charge on any atom is 0.149 e. The van der Waals surface area contributed by atoms with Gasteiger partial charge < -0.3 is 4.57 Å². The fourth-order valence-corrected chi connectivity index (χ4v) is 8.36. The van der Waals surface area contributed by atoms with E-state index in [0.29, 0.717) is 0 Å². The molecule has 1 aromatic heterocycles. The van der Waals surface area contributed by atoms with Gasteiger partial charge in [0.1, 0.15) is 6.29 Å². The van der Waals surface area contributed by atoms with Gasteiger partial charge in [0.2, 0.25) is 0 Å². The molecule has 2 heteroatoms. The summed E-state index contributed by atoms with van der Waals surface area (Å²) in [6, 6.07) is 57.8. The summed E-state index contributed by atoms with van der Waals surface area (Å²) in [6.07, 6.45) is 6.83. The topological polar surface area (TPSA) is 22.0 Å². The molecule has 8 aromatic carbocycles. The molecule has 1 aliphatic rings. The van der Waals surface area contributed by atoms with Gasteiger partial charge in [-0.1, -0.05) is 127 Å². The van der Waals surface area contributed by atoms with Crippen molar-refractivity contribution >= 4 is 66.0 Å². The zero-order chi connectivity index (χ0) is 33.9. The van der Waals surface area contributed by atoms with Crippen molar-refractivity contribution in [2.75, 3.05) is 0 Å². The molecule has 1 heterocycles. The molecule has 0 aliphatic heterocycles. The molecule has 0 amide bonds. The SMILES string of the molecule is O=CC1=CCCC(c2ccc(-n3c4ccccc4c4cc(-c5c6ccccc6c(-c6ccc7ccccc7c6)c6ccccc56)ccc43)cc2)=C1. The first-order valence-corrected chi connectivity index (χ1v) is 17.7. The summed E-state index contributed by atoms with van der Waals surface area (Å²) >= 11 is 0. The molecule has 2 nitrogen and oxygen atoms in total. The highest BCUT2D eigenvalue weighted by Gasteiger charge is 2.19. The van der Waals surface area contributed by atoms with Crippen LogP contribution in [0.5, 0.6) is 0 Å². The summed E-state index contributed by atoms with van der Waals surface area (Å²) in [7, 11) is 0. The highest BCUT2D eigenvalue weighted by Crippen LogP contribution is 2.45. The normalized spacial score (nSPS) is 13.3. The minimum atomic E-state index is 0.766. The minimum Gasteiger partial charge on any atom is -0.309 e. The van der Waals surface area contributed by atoms with Gasteiger partial charge in [0.25, 0.3) is 0 Å². The van der Waals surface area contributed by atoms with Crippen LogP contribution in [-0.4, -0.2) is 10.9 Å². The highest BCUT2D eigenvalue weighted by atomic mass is 16.1. The van der Waals surface area contributed by atoms with Crippen LogP contribution in [0.4, 0.5) is 0 Å². The number of hydrogen-bond donors (Lipinski definition) is 0. The summed E-state index contributed by atoms with van der Waals surface area (Å²) in [5, 5.41) is 9.98. The number of fused-ring (bicyclic) bond motifs is 6. The number of carbonyl (C=O) groups excluding carboxylic acids is 1. The van der Waals surface area contributed by atoms with E-state index in [9.17, 15) is 4.79 Å². The third-order valence-corrected chi connectivity index (χ3v) is 10.7. The number of para-hydroxylation sites is 1. The van der Waals surface area contributed by atoms with Crippen LogP contribution >= 0.6 is 0 Å². The Balaban J connectivity index is 1.17. The van der Waals surface area contributed by atoms with Gasteiger partial charge in [-0.25, -0.2) is 0 Å². The fraction of sp³-hybridized carbons (Fsp3) is 0.0408. The van der Waals surface area contributed by atoms with Gasteiger partial charge >= 0.3 is 0 Å². The van der Waals surface area contributed by atoms with Gasteiger partial charge in [-0.15, -0.1) is 0 Å². The van der Waals surface area contributed by atoms with Crippen LogP contribution in [0.1, 0.15) is 18.4 Å². The summed E-state index contributed by atoms with van der Waals surface area (Å²) in [6.45, 7) is 0. The van der Waals surface area contributed by atoms with Gasteiger partial charge in [-0.05, 0) is 121 Å². The van der Waals surface area contributed by atoms with Crippen LogP contribution in [-0.2, 0) is 4.79 Å². The molecule has 0 radical (unpaired) electrons. The van der Waals surface area contributed by atoms with Crippen molar-refractivity contribution in [3.8, 4) is 27.9 Å². The van der Waals surface area contributed by atoms with Crippen LogP contribution in [0.25, 0.3) is 87.6 Å². The summed E-state index contributed by atoms with van der Waals surface area (Å²) < 4.78 is 2.38. The Labute approximate surface area is 296 Å². The maximum absolute atomic E-state index is 11.4. The van der Waals surface area contributed by atoms with Crippen molar-refractivity contribution in [2.45, 2.75) is 12.8 Å². The van der Waals surface area contributed by atoms with E-state index in [2.05, 4.69) is 162 Å². The van der Waals surface area contributed by atoms with Gasteiger partial charge in [0.15, 0.2) is 0 Å². The van der Waals surface area contributed by atoms with Crippen LogP contribution < -0.4 is 0 Å². The molecule has 0 saturated heterocycles. The van der Waals surface area contributed by atoms with Gasteiger partial charge in [0.05, 0.1) is 11.0 Å². The number of rotatable bonds is 5. The Morgan fingerprint density at radius 2 is 1.02 bits per heavy atom. The maximum atomic E-state index is 11.4. The third-order valence-electron chi connectivity index (χ3n) is 10.7. The Hall–Kier alpha value is -6.51. The lowest BCUT2D eigenvalue weighted by Gasteiger charge is -2.18. The Bertz CT molecular complexity index is 2860. The van der Waals surface area contributed by atoms with Crippen LogP contribution in [0.15, 0.2) is 175 Å². The number of hydrogen-bond acceptors (Lipinski definition) is 1. The molecule has 0 atom stereocenters. The van der Waals surface area contributed by atoms with Crippen molar-refractivity contribution in [3.05, 3.63) is 181 Å². The third kappa shape index (κ3) is 4.75. The lowest BCUT2D eigenvalue weighted by atomic mass is 9.85. The second-order valence-corrected chi connectivity index (χ2v) is 13.6. The lowest BCUT2D eigenvalue weighted by molar-refractivity contribution is -0.104. The molecular weight excluding hydrogens is 619 g/mol. The van der Waals surface area contributed by atoms with E-state index < -0.39 is 0 Å². The largest absolute Gasteiger partial charge is 0.309 e. The van der Waals surface area contributed by atoms with E-state index in [-0.39, 0.29) is 0 Å². The number of allylic oxidation sites excluding steroid dienone is 4. The molecule has 10 rings (SSSR count). The van der Waals surface area contributed by atoms with Crippen molar-refractivity contribution in [1.29, 1.82) is 0 Å². The summed E-state index contributed by atoms with van der Waals surface area (Å²) in [4.78, 5) is 11.4. The van der Waals surface area contributed by atoms with Crippen molar-refractivity contribution in [1.82, 2.24) is 4.57 Å². The van der Waals surface area contributed by atoms with Crippen molar-refractivity contribution in [3.63, 3.8) is 0 Å². The van der Waals surface area contributed by atoms with E-state index in [0.717, 1.165) is 30.4 Å². The number of benzene rings is 8. The molecule has 0 bridgehead atoms. The van der Waals surface area contributed by atoms with E-state index in [1.54, 1.807) is 0 Å². The Morgan fingerprint density at radius 3 is 1.71 bits per heavy atom. The molecule has 240 valence electrons. The fourth-order valence-electron chi connectivity index (χ4n) is 8.36. The lowest BCUT2D eigenvalue weighted by Crippen LogP contribution is -1.96. The zero-order valence-corrected chi connectivity index (χ0v) is 28.0. The van der Waals surface area contributed by atoms with E-state index in [4.69, 9.17) is 0 Å². The van der Waals surface area contributed by atoms with Gasteiger partial charge in [-0.2, -0.15) is 0 Å². The number of aldehydes is 1. The molecule has 51 heavy (non-hydrogen) atoms. The molecule has 0 fully saturated rings. The Morgan fingerprint density at radius 1 is 0.471 bits per heavy atom. The molecule has 0 saturated carbocycles. The summed E-state index contributed by atoms with van der Waals surface area (Å²) in [5.74, 6) is 0. The van der Waals surface area contributed by atoms with E-state index >= 15 is 0 Å². The molecule has 9 aromatic rings. The van der Waals surface area contributed by atoms with Crippen LogP contribution in [0, 0.1) is 0 Å². The average Bonchev–Trinajstić information content (AvgIpc) is 3.53. The predicted molar refractivity (Wildman–Crippen MR) is 216 cm³/mol. The predicted octanol–water partition coefficient (Wildman–Crippen LogP) is 12.9. The number of nitrogens with zero attached hydrogens (tertiary/aromatic N) is 1. The monoisotopic (exact) mass is 651 g/mol. The number of aromatic nitrogens is 1. The molecule has 0 spiro atoms. The van der Waals surface area contributed by atoms with Gasteiger partial charge in [-0.3, -0.25) is 4.79 Å². The van der Waals surface area contributed by atoms with E-state index in [1.807, 2.05) is 12.2 Å². The van der Waals surface area contributed by atoms with Crippen LogP contribution in [0.3, 0.4) is 0 Å². The second kappa shape index (κ2) is 11.8. The quantitative estimate of drug-likeness (QED) is 0.134. The first kappa shape index (κ1) is 29.4. The van der Waals surface area contributed by atoms with Crippen LogP contribution in [0.2, 0.25) is 0 Å². The standard InChI is InChI=1S/C49H33NO/c51-31-32-10-9-13-35(28-32)34-22-25-39(26-23-34)50-46-19-8-7-14-40(46)45-30-38(24-27-47(45)50)49-43-17-5-3-15-41(43)48(42-16-4-6-18-44(42)49)37-21-20-33-11-1-2-12-36(33)29-37/h1-8,10-12,14-31H,9,13H2. The molecular formula is C49H33NO. The molecule has 0 N–H and O–H groups in total. The number of carbonyl (C=O) groups is 1. The second-order valence-electron chi connectivity index (χ2n) is 13.6. The zero-order valence-electron chi connectivity index (χ0n) is 28.0. The average molecular weight is 652 g/mol. The smallest absolute Gasteiger partial charge is 0.149 e. The van der Waals surface area contributed by atoms with Crippen molar-refractivity contribution in [2.24, 2.45) is 0 Å². The van der Waals surface area contributed by atoms with Gasteiger partial charge in [0, 0.05) is 22.0 Å². The first-order chi connectivity index (χ1) is 25.2. The summed E-state index contributed by atoms with van der Waals surface area (Å²) in [5.41, 5.74) is 11.6. The Kier molecular flexibility index (Phi) is 6.82. The highest BCUT2D eigenvalue weighted by molar-refractivity contribution is 6.22.